The SMILES string of the molecule is CN1CC(COCC2CC2)C2(CCN(C(=O)COc3ccccc3)CC2)C1. The molecule has 1 saturated carbocycles. The molecule has 5 heteroatoms. The highest BCUT2D eigenvalue weighted by molar-refractivity contribution is 5.77. The second-order valence-corrected chi connectivity index (χ2v) is 8.72. The van der Waals surface area contributed by atoms with Gasteiger partial charge in [-0.25, -0.2) is 0 Å². The van der Waals surface area contributed by atoms with Crippen LogP contribution in [-0.4, -0.2) is 68.8 Å². The van der Waals surface area contributed by atoms with Crippen molar-refractivity contribution in [3.63, 3.8) is 0 Å². The number of hydrogen-bond donors (Lipinski definition) is 0. The smallest absolute Gasteiger partial charge is 0.260 e. The van der Waals surface area contributed by atoms with Gasteiger partial charge in [0.2, 0.25) is 0 Å². The van der Waals surface area contributed by atoms with E-state index in [2.05, 4.69) is 11.9 Å². The van der Waals surface area contributed by atoms with Crippen molar-refractivity contribution in [1.29, 1.82) is 0 Å². The van der Waals surface area contributed by atoms with Crippen LogP contribution in [0.4, 0.5) is 0 Å². The lowest BCUT2D eigenvalue weighted by atomic mass is 9.71. The molecule has 0 aromatic heterocycles. The number of hydrogen-bond acceptors (Lipinski definition) is 4. The molecule has 1 unspecified atom stereocenters. The first-order valence-electron chi connectivity index (χ1n) is 10.4. The fraction of sp³-hybridized carbons (Fsp3) is 0.682. The van der Waals surface area contributed by atoms with E-state index in [4.69, 9.17) is 9.47 Å². The van der Waals surface area contributed by atoms with Crippen molar-refractivity contribution in [3.8, 4) is 5.75 Å². The number of benzene rings is 1. The predicted octanol–water partition coefficient (Wildman–Crippen LogP) is 2.66. The van der Waals surface area contributed by atoms with E-state index in [0.29, 0.717) is 11.3 Å². The van der Waals surface area contributed by atoms with E-state index in [9.17, 15) is 4.79 Å². The second-order valence-electron chi connectivity index (χ2n) is 8.72. The Morgan fingerprint density at radius 2 is 1.89 bits per heavy atom. The fourth-order valence-electron chi connectivity index (χ4n) is 4.71. The van der Waals surface area contributed by atoms with E-state index in [1.165, 1.54) is 12.8 Å². The van der Waals surface area contributed by atoms with E-state index in [1.54, 1.807) is 0 Å². The summed E-state index contributed by atoms with van der Waals surface area (Å²) in [5.74, 6) is 2.27. The highest BCUT2D eigenvalue weighted by Gasteiger charge is 2.47. The van der Waals surface area contributed by atoms with Crippen LogP contribution in [0, 0.1) is 17.3 Å². The maximum Gasteiger partial charge on any atom is 0.260 e. The van der Waals surface area contributed by atoms with Gasteiger partial charge in [-0.3, -0.25) is 4.79 Å². The van der Waals surface area contributed by atoms with Crippen LogP contribution in [-0.2, 0) is 9.53 Å². The van der Waals surface area contributed by atoms with Gasteiger partial charge in [-0.2, -0.15) is 0 Å². The first-order chi connectivity index (χ1) is 13.1. The summed E-state index contributed by atoms with van der Waals surface area (Å²) in [5.41, 5.74) is 0.315. The van der Waals surface area contributed by atoms with Crippen LogP contribution >= 0.6 is 0 Å². The minimum Gasteiger partial charge on any atom is -0.484 e. The molecule has 1 aromatic carbocycles. The lowest BCUT2D eigenvalue weighted by Gasteiger charge is -2.42. The molecule has 0 radical (unpaired) electrons. The summed E-state index contributed by atoms with van der Waals surface area (Å²) in [5, 5.41) is 0. The van der Waals surface area contributed by atoms with E-state index < -0.39 is 0 Å². The van der Waals surface area contributed by atoms with Gasteiger partial charge in [0.05, 0.1) is 6.61 Å². The third kappa shape index (κ3) is 4.64. The van der Waals surface area contributed by atoms with Gasteiger partial charge in [0.1, 0.15) is 5.75 Å². The average molecular weight is 373 g/mol. The summed E-state index contributed by atoms with van der Waals surface area (Å²) in [4.78, 5) is 17.0. The zero-order valence-corrected chi connectivity index (χ0v) is 16.4. The van der Waals surface area contributed by atoms with Crippen LogP contribution in [0.1, 0.15) is 25.7 Å². The summed E-state index contributed by atoms with van der Waals surface area (Å²) in [6.45, 7) is 5.88. The summed E-state index contributed by atoms with van der Waals surface area (Å²) >= 11 is 0. The molecule has 3 aliphatic rings. The standard InChI is InChI=1S/C22H32N2O3/c1-23-13-19(15-26-14-18-7-8-18)22(17-23)9-11-24(12-10-22)21(25)16-27-20-5-3-2-4-6-20/h2-6,18-19H,7-17H2,1H3. The van der Waals surface area contributed by atoms with Crippen LogP contribution in [0.5, 0.6) is 5.75 Å². The highest BCUT2D eigenvalue weighted by Crippen LogP contribution is 2.44. The number of nitrogens with zero attached hydrogens (tertiary/aromatic N) is 2. The normalized spacial score (nSPS) is 25.1. The van der Waals surface area contributed by atoms with Crippen LogP contribution < -0.4 is 4.74 Å². The molecule has 3 fully saturated rings. The Labute approximate surface area is 162 Å². The van der Waals surface area contributed by atoms with Crippen molar-refractivity contribution in [2.45, 2.75) is 25.7 Å². The molecule has 2 aliphatic heterocycles. The number of rotatable bonds is 7. The minimum absolute atomic E-state index is 0.0987. The maximum absolute atomic E-state index is 12.5. The Morgan fingerprint density at radius 1 is 1.15 bits per heavy atom. The number of carbonyl (C=O) groups is 1. The van der Waals surface area contributed by atoms with Crippen molar-refractivity contribution in [3.05, 3.63) is 30.3 Å². The van der Waals surface area contributed by atoms with E-state index in [0.717, 1.165) is 63.9 Å². The van der Waals surface area contributed by atoms with Gasteiger partial charge in [-0.05, 0) is 56.2 Å². The van der Waals surface area contributed by atoms with Gasteiger partial charge in [0.15, 0.2) is 6.61 Å². The van der Waals surface area contributed by atoms with Crippen molar-refractivity contribution in [2.75, 3.05) is 53.0 Å². The summed E-state index contributed by atoms with van der Waals surface area (Å²) in [7, 11) is 2.22. The molecule has 1 spiro atoms. The summed E-state index contributed by atoms with van der Waals surface area (Å²) in [6, 6.07) is 9.57. The average Bonchev–Trinajstić information content (AvgIpc) is 3.46. The van der Waals surface area contributed by atoms with Crippen LogP contribution in [0.25, 0.3) is 0 Å². The molecule has 148 valence electrons. The van der Waals surface area contributed by atoms with Gasteiger partial charge in [-0.1, -0.05) is 18.2 Å². The Morgan fingerprint density at radius 3 is 2.59 bits per heavy atom. The zero-order valence-electron chi connectivity index (χ0n) is 16.4. The van der Waals surface area contributed by atoms with Crippen molar-refractivity contribution in [1.82, 2.24) is 9.80 Å². The van der Waals surface area contributed by atoms with Crippen molar-refractivity contribution >= 4 is 5.91 Å². The number of carbonyl (C=O) groups excluding carboxylic acids is 1. The third-order valence-electron chi connectivity index (χ3n) is 6.57. The van der Waals surface area contributed by atoms with Crippen LogP contribution in [0.15, 0.2) is 30.3 Å². The van der Waals surface area contributed by atoms with Gasteiger partial charge >= 0.3 is 0 Å². The van der Waals surface area contributed by atoms with E-state index in [-0.39, 0.29) is 12.5 Å². The first-order valence-corrected chi connectivity index (χ1v) is 10.4. The van der Waals surface area contributed by atoms with Crippen LogP contribution in [0.3, 0.4) is 0 Å². The Hall–Kier alpha value is -1.59. The molecule has 2 saturated heterocycles. The third-order valence-corrected chi connectivity index (χ3v) is 6.57. The molecule has 1 amide bonds. The van der Waals surface area contributed by atoms with Gasteiger partial charge < -0.3 is 19.3 Å². The summed E-state index contributed by atoms with van der Waals surface area (Å²) < 4.78 is 11.7. The molecule has 5 nitrogen and oxygen atoms in total. The molecule has 1 aromatic rings. The topological polar surface area (TPSA) is 42.0 Å². The monoisotopic (exact) mass is 372 g/mol. The maximum atomic E-state index is 12.5. The number of piperidine rings is 1. The van der Waals surface area contributed by atoms with Gasteiger partial charge in [0.25, 0.3) is 5.91 Å². The molecule has 4 rings (SSSR count). The van der Waals surface area contributed by atoms with Gasteiger partial charge in [0, 0.05) is 38.7 Å². The molecule has 1 aliphatic carbocycles. The fourth-order valence-corrected chi connectivity index (χ4v) is 4.71. The summed E-state index contributed by atoms with van der Waals surface area (Å²) in [6.07, 6.45) is 4.84. The predicted molar refractivity (Wildman–Crippen MR) is 105 cm³/mol. The highest BCUT2D eigenvalue weighted by atomic mass is 16.5. The number of likely N-dealkylation sites (tertiary alicyclic amines) is 2. The Balaban J connectivity index is 1.26. The van der Waals surface area contributed by atoms with Crippen molar-refractivity contribution < 1.29 is 14.3 Å². The second kappa shape index (κ2) is 8.19. The molecule has 27 heavy (non-hydrogen) atoms. The molecular weight excluding hydrogens is 340 g/mol. The van der Waals surface area contributed by atoms with E-state index in [1.807, 2.05) is 35.2 Å². The quantitative estimate of drug-likeness (QED) is 0.738. The van der Waals surface area contributed by atoms with Crippen LogP contribution in [0.2, 0.25) is 0 Å². The Kier molecular flexibility index (Phi) is 5.69. The first kappa shape index (κ1) is 18.8. The minimum atomic E-state index is 0.0987. The van der Waals surface area contributed by atoms with E-state index >= 15 is 0 Å². The molecule has 1 atom stereocenters. The lowest BCUT2D eigenvalue weighted by molar-refractivity contribution is -0.136. The van der Waals surface area contributed by atoms with Crippen molar-refractivity contribution in [2.24, 2.45) is 17.3 Å². The number of amides is 1. The lowest BCUT2D eigenvalue weighted by Crippen LogP contribution is -2.48. The molecular formula is C22H32N2O3. The largest absolute Gasteiger partial charge is 0.484 e. The zero-order chi connectivity index (χ0) is 18.7. The number of para-hydroxylation sites is 1. The molecule has 0 bridgehead atoms. The molecule has 2 heterocycles. The molecule has 0 N–H and O–H groups in total. The Bertz CT molecular complexity index is 624. The van der Waals surface area contributed by atoms with Gasteiger partial charge in [-0.15, -0.1) is 0 Å². The number of ether oxygens (including phenoxy) is 2.